The molecule has 3 aromatic rings. The first-order chi connectivity index (χ1) is 22.8. The third-order valence-electron chi connectivity index (χ3n) is 8.14. The van der Waals surface area contributed by atoms with Crippen LogP contribution in [0.2, 0.25) is 0 Å². The van der Waals surface area contributed by atoms with Crippen LogP contribution in [0.5, 0.6) is 17.2 Å². The molecule has 11 heteroatoms. The Labute approximate surface area is 285 Å². The second-order valence-electron chi connectivity index (χ2n) is 11.9. The highest BCUT2D eigenvalue weighted by Gasteiger charge is 2.26. The number of ether oxygens (including phenoxy) is 3. The van der Waals surface area contributed by atoms with E-state index >= 15 is 0 Å². The second kappa shape index (κ2) is 21.5. The number of methoxy groups -OCH3 is 1. The lowest BCUT2D eigenvalue weighted by Crippen LogP contribution is -2.35. The lowest BCUT2D eigenvalue weighted by atomic mass is 10.1. The summed E-state index contributed by atoms with van der Waals surface area (Å²) >= 11 is 1.60. The minimum Gasteiger partial charge on any atom is -0.493 e. The standard InChI is InChI=1S/C36H54NO8PS/c1-5-6-7-8-9-10-11-12-13-14-23-42-34-19-16-20-35(29(34)2)43-26-33(41-4)27-44-46(39,40)45-32-18-15-17-31(24-32)25-37-28-47-36(21-22-38)30(37)3/h15-20,24,28,33,38H,5-14,21-23,25-27H2,1-4H3/p+1. The van der Waals surface area contributed by atoms with Gasteiger partial charge in [0.2, 0.25) is 5.51 Å². The molecule has 0 saturated heterocycles. The number of unbranched alkanes of at least 4 members (excludes halogenated alkanes) is 9. The van der Waals surface area contributed by atoms with Crippen LogP contribution in [0.15, 0.2) is 48.0 Å². The molecule has 2 N–H and O–H groups in total. The average Bonchev–Trinajstić information content (AvgIpc) is 3.39. The molecule has 2 atom stereocenters. The summed E-state index contributed by atoms with van der Waals surface area (Å²) in [5.74, 6) is 1.68. The smallest absolute Gasteiger partial charge is 0.493 e. The lowest BCUT2D eigenvalue weighted by molar-refractivity contribution is -0.689. The predicted octanol–water partition coefficient (Wildman–Crippen LogP) is 8.13. The molecular weight excluding hydrogens is 637 g/mol. The number of aromatic nitrogens is 1. The zero-order valence-corrected chi connectivity index (χ0v) is 30.4. The van der Waals surface area contributed by atoms with Crippen LogP contribution in [-0.4, -0.2) is 49.6 Å². The van der Waals surface area contributed by atoms with Gasteiger partial charge in [-0.05, 0) is 37.6 Å². The molecule has 262 valence electrons. The Balaban J connectivity index is 1.40. The molecular formula is C36H55NO8PS+. The van der Waals surface area contributed by atoms with Crippen molar-refractivity contribution in [3.63, 3.8) is 0 Å². The van der Waals surface area contributed by atoms with Crippen molar-refractivity contribution in [3.05, 3.63) is 69.7 Å². The summed E-state index contributed by atoms with van der Waals surface area (Å²) in [7, 11) is -2.93. The van der Waals surface area contributed by atoms with Gasteiger partial charge in [0.15, 0.2) is 12.2 Å². The summed E-state index contributed by atoms with van der Waals surface area (Å²) in [5.41, 5.74) is 4.88. The third kappa shape index (κ3) is 14.3. The van der Waals surface area contributed by atoms with Crippen molar-refractivity contribution in [1.29, 1.82) is 0 Å². The van der Waals surface area contributed by atoms with E-state index in [9.17, 15) is 14.6 Å². The zero-order valence-electron chi connectivity index (χ0n) is 28.7. The minimum atomic E-state index is -4.43. The molecule has 1 heterocycles. The molecule has 0 spiro atoms. The summed E-state index contributed by atoms with van der Waals surface area (Å²) in [6.07, 6.45) is 12.8. The van der Waals surface area contributed by atoms with Gasteiger partial charge in [-0.15, -0.1) is 0 Å². The van der Waals surface area contributed by atoms with Crippen molar-refractivity contribution in [3.8, 4) is 17.2 Å². The van der Waals surface area contributed by atoms with Gasteiger partial charge in [0.25, 0.3) is 0 Å². The largest absolute Gasteiger partial charge is 0.527 e. The molecule has 1 aromatic heterocycles. The third-order valence-corrected chi connectivity index (χ3v) is 10.2. The second-order valence-corrected chi connectivity index (χ2v) is 14.2. The molecule has 0 aliphatic carbocycles. The Hall–Kier alpha value is -2.46. The number of thiazole rings is 1. The number of aliphatic hydroxyl groups is 1. The maximum atomic E-state index is 12.8. The molecule has 0 radical (unpaired) electrons. The summed E-state index contributed by atoms with van der Waals surface area (Å²) in [5, 5.41) is 9.26. The number of rotatable bonds is 25. The van der Waals surface area contributed by atoms with Crippen LogP contribution in [0.4, 0.5) is 0 Å². The molecule has 2 aromatic carbocycles. The molecule has 0 fully saturated rings. The predicted molar refractivity (Wildman–Crippen MR) is 187 cm³/mol. The monoisotopic (exact) mass is 692 g/mol. The Morgan fingerprint density at radius 2 is 1.55 bits per heavy atom. The number of phosphoric ester groups is 1. The highest BCUT2D eigenvalue weighted by atomic mass is 32.1. The minimum absolute atomic E-state index is 0.105. The maximum absolute atomic E-state index is 12.8. The van der Waals surface area contributed by atoms with Gasteiger partial charge in [-0.25, -0.2) is 4.57 Å². The van der Waals surface area contributed by atoms with Gasteiger partial charge in [-0.1, -0.05) is 94.2 Å². The number of nitrogens with zero attached hydrogens (tertiary/aromatic N) is 1. The summed E-state index contributed by atoms with van der Waals surface area (Å²) in [6.45, 7) is 7.48. The van der Waals surface area contributed by atoms with Crippen LogP contribution < -0.4 is 18.6 Å². The van der Waals surface area contributed by atoms with Crippen molar-refractivity contribution in [2.75, 3.05) is 33.5 Å². The molecule has 9 nitrogen and oxygen atoms in total. The van der Waals surface area contributed by atoms with Crippen molar-refractivity contribution in [2.24, 2.45) is 0 Å². The van der Waals surface area contributed by atoms with Gasteiger partial charge in [0.05, 0.1) is 18.1 Å². The van der Waals surface area contributed by atoms with Gasteiger partial charge in [0.1, 0.15) is 30.0 Å². The average molecular weight is 693 g/mol. The molecule has 0 bridgehead atoms. The maximum Gasteiger partial charge on any atom is 0.527 e. The lowest BCUT2D eigenvalue weighted by Gasteiger charge is -2.20. The summed E-state index contributed by atoms with van der Waals surface area (Å²) < 4.78 is 43.1. The van der Waals surface area contributed by atoms with E-state index in [4.69, 9.17) is 23.3 Å². The van der Waals surface area contributed by atoms with Crippen LogP contribution in [0, 0.1) is 13.8 Å². The zero-order chi connectivity index (χ0) is 33.9. The highest BCUT2D eigenvalue weighted by molar-refractivity contribution is 7.47. The molecule has 0 amide bonds. The van der Waals surface area contributed by atoms with Crippen molar-refractivity contribution >= 4 is 19.2 Å². The van der Waals surface area contributed by atoms with Crippen molar-refractivity contribution in [2.45, 2.75) is 104 Å². The van der Waals surface area contributed by atoms with E-state index in [0.29, 0.717) is 25.3 Å². The number of benzene rings is 2. The van der Waals surface area contributed by atoms with Gasteiger partial charge >= 0.3 is 7.82 Å². The van der Waals surface area contributed by atoms with E-state index in [1.807, 2.05) is 43.6 Å². The van der Waals surface area contributed by atoms with Gasteiger partial charge < -0.3 is 23.8 Å². The number of aliphatic hydroxyl groups excluding tert-OH is 1. The van der Waals surface area contributed by atoms with E-state index in [0.717, 1.165) is 33.9 Å². The number of hydrogen-bond donors (Lipinski definition) is 2. The Bertz CT molecular complexity index is 1370. The van der Waals surface area contributed by atoms with Crippen molar-refractivity contribution in [1.82, 2.24) is 0 Å². The van der Waals surface area contributed by atoms with Gasteiger partial charge in [-0.3, -0.25) is 9.42 Å². The number of phosphoric acid groups is 1. The first kappa shape index (κ1) is 39.0. The van der Waals surface area contributed by atoms with E-state index in [2.05, 4.69) is 11.5 Å². The van der Waals surface area contributed by atoms with Crippen LogP contribution >= 0.6 is 19.2 Å². The normalized spacial score (nSPS) is 13.3. The highest BCUT2D eigenvalue weighted by Crippen LogP contribution is 2.44. The topological polar surface area (TPSA) is 108 Å². The van der Waals surface area contributed by atoms with Gasteiger partial charge in [-0.2, -0.15) is 4.57 Å². The fourth-order valence-corrected chi connectivity index (χ4v) is 7.00. The quantitative estimate of drug-likeness (QED) is 0.0521. The van der Waals surface area contributed by atoms with Crippen LogP contribution in [0.3, 0.4) is 0 Å². The Morgan fingerprint density at radius 1 is 0.894 bits per heavy atom. The van der Waals surface area contributed by atoms with E-state index in [1.165, 1.54) is 64.9 Å². The van der Waals surface area contributed by atoms with E-state index in [1.54, 1.807) is 29.5 Å². The Morgan fingerprint density at radius 3 is 2.23 bits per heavy atom. The molecule has 2 unspecified atom stereocenters. The first-order valence-electron chi connectivity index (χ1n) is 17.0. The molecule has 0 aliphatic heterocycles. The Kier molecular flexibility index (Phi) is 17.8. The SMILES string of the molecule is CCCCCCCCCCCCOc1cccc(OCC(COP(=O)(O)Oc2cccc(C[n+]3csc(CCO)c3C)c2)OC)c1C. The number of hydrogen-bond acceptors (Lipinski definition) is 8. The fourth-order valence-electron chi connectivity index (χ4n) is 5.23. The van der Waals surface area contributed by atoms with Gasteiger partial charge in [0, 0.05) is 38.2 Å². The summed E-state index contributed by atoms with van der Waals surface area (Å²) in [4.78, 5) is 11.6. The molecule has 3 rings (SSSR count). The first-order valence-corrected chi connectivity index (χ1v) is 19.3. The van der Waals surface area contributed by atoms with Crippen LogP contribution in [0.1, 0.15) is 92.8 Å². The molecule has 0 saturated carbocycles. The van der Waals surface area contributed by atoms with E-state index < -0.39 is 13.9 Å². The fraction of sp³-hybridized carbons (Fsp3) is 0.583. The van der Waals surface area contributed by atoms with Crippen LogP contribution in [-0.2, 0) is 26.8 Å². The van der Waals surface area contributed by atoms with Crippen molar-refractivity contribution < 1.29 is 42.4 Å². The molecule has 47 heavy (non-hydrogen) atoms. The molecule has 0 aliphatic rings. The van der Waals surface area contributed by atoms with Crippen LogP contribution in [0.25, 0.3) is 0 Å². The summed E-state index contributed by atoms with van der Waals surface area (Å²) in [6, 6.07) is 12.7. The van der Waals surface area contributed by atoms with E-state index in [-0.39, 0.29) is 25.6 Å².